The number of aromatic nitrogens is 1. The van der Waals surface area contributed by atoms with Gasteiger partial charge in [-0.3, -0.25) is 4.79 Å². The Bertz CT molecular complexity index is 1630. The highest BCUT2D eigenvalue weighted by Crippen LogP contribution is 2.37. The SMILES string of the molecule is COc1cc(/C=N/NC(=O)c2ccc(-n3c(C)ccc3-c3ccccc3)cc2)cc(Br)c1OCc1ccccc1. The van der Waals surface area contributed by atoms with Crippen LogP contribution in [-0.2, 0) is 6.61 Å². The minimum atomic E-state index is -0.302. The molecule has 5 rings (SSSR count). The second-order valence-corrected chi connectivity index (χ2v) is 9.97. The van der Waals surface area contributed by atoms with Gasteiger partial charge in [0, 0.05) is 16.9 Å². The zero-order valence-electron chi connectivity index (χ0n) is 22.2. The summed E-state index contributed by atoms with van der Waals surface area (Å²) in [5.41, 5.74) is 9.22. The Morgan fingerprint density at radius 3 is 2.33 bits per heavy atom. The quantitative estimate of drug-likeness (QED) is 0.142. The van der Waals surface area contributed by atoms with Gasteiger partial charge >= 0.3 is 0 Å². The molecule has 4 aromatic carbocycles. The lowest BCUT2D eigenvalue weighted by molar-refractivity contribution is 0.0955. The molecule has 0 aliphatic carbocycles. The first-order valence-electron chi connectivity index (χ1n) is 12.8. The summed E-state index contributed by atoms with van der Waals surface area (Å²) in [5, 5.41) is 4.15. The van der Waals surface area contributed by atoms with Crippen LogP contribution in [0.4, 0.5) is 0 Å². The summed E-state index contributed by atoms with van der Waals surface area (Å²) in [6.07, 6.45) is 1.57. The predicted octanol–water partition coefficient (Wildman–Crippen LogP) is 7.57. The van der Waals surface area contributed by atoms with Crippen molar-refractivity contribution in [2.24, 2.45) is 5.10 Å². The number of amides is 1. The molecule has 200 valence electrons. The fraction of sp³-hybridized carbons (Fsp3) is 0.0909. The van der Waals surface area contributed by atoms with Crippen molar-refractivity contribution in [3.05, 3.63) is 136 Å². The van der Waals surface area contributed by atoms with Gasteiger partial charge in [-0.2, -0.15) is 5.10 Å². The number of carbonyl (C=O) groups is 1. The lowest BCUT2D eigenvalue weighted by Gasteiger charge is -2.13. The van der Waals surface area contributed by atoms with Crippen molar-refractivity contribution in [1.29, 1.82) is 0 Å². The summed E-state index contributed by atoms with van der Waals surface area (Å²) in [6, 6.07) is 35.5. The number of rotatable bonds is 9. The number of ether oxygens (including phenoxy) is 2. The number of carbonyl (C=O) groups excluding carboxylic acids is 1. The number of hydrazone groups is 1. The third-order valence-electron chi connectivity index (χ3n) is 6.39. The number of methoxy groups -OCH3 is 1. The number of hydrogen-bond donors (Lipinski definition) is 1. The van der Waals surface area contributed by atoms with Gasteiger partial charge in [0.1, 0.15) is 6.61 Å². The average molecular weight is 595 g/mol. The minimum absolute atomic E-state index is 0.302. The molecule has 0 saturated heterocycles. The lowest BCUT2D eigenvalue weighted by atomic mass is 10.1. The Balaban J connectivity index is 1.25. The van der Waals surface area contributed by atoms with Crippen LogP contribution in [0.2, 0.25) is 0 Å². The van der Waals surface area contributed by atoms with E-state index in [0.717, 1.165) is 38.2 Å². The summed E-state index contributed by atoms with van der Waals surface area (Å²) >= 11 is 3.56. The maximum atomic E-state index is 12.8. The zero-order valence-corrected chi connectivity index (χ0v) is 23.8. The lowest BCUT2D eigenvalue weighted by Crippen LogP contribution is -2.17. The Morgan fingerprint density at radius 1 is 0.925 bits per heavy atom. The van der Waals surface area contributed by atoms with Crippen LogP contribution < -0.4 is 14.9 Å². The highest BCUT2D eigenvalue weighted by Gasteiger charge is 2.13. The van der Waals surface area contributed by atoms with E-state index in [9.17, 15) is 4.79 Å². The fourth-order valence-electron chi connectivity index (χ4n) is 4.39. The zero-order chi connectivity index (χ0) is 27.9. The maximum Gasteiger partial charge on any atom is 0.271 e. The summed E-state index contributed by atoms with van der Waals surface area (Å²) in [7, 11) is 1.58. The van der Waals surface area contributed by atoms with Crippen LogP contribution in [0.5, 0.6) is 11.5 Å². The first-order chi connectivity index (χ1) is 19.5. The number of halogens is 1. The first-order valence-corrected chi connectivity index (χ1v) is 13.5. The molecule has 0 spiro atoms. The van der Waals surface area contributed by atoms with Gasteiger partial charge < -0.3 is 14.0 Å². The molecule has 1 aromatic heterocycles. The van der Waals surface area contributed by atoms with Gasteiger partial charge in [-0.05, 0) is 88.1 Å². The van der Waals surface area contributed by atoms with Crippen LogP contribution in [0, 0.1) is 6.92 Å². The van der Waals surface area contributed by atoms with Crippen LogP contribution in [0.15, 0.2) is 119 Å². The molecule has 0 saturated carbocycles. The van der Waals surface area contributed by atoms with E-state index in [1.807, 2.05) is 66.7 Å². The van der Waals surface area contributed by atoms with Crippen LogP contribution in [0.3, 0.4) is 0 Å². The van der Waals surface area contributed by atoms with Gasteiger partial charge in [0.05, 0.1) is 23.5 Å². The molecular weight excluding hydrogens is 566 g/mol. The van der Waals surface area contributed by atoms with Gasteiger partial charge in [0.15, 0.2) is 11.5 Å². The molecule has 0 aliphatic heterocycles. The normalized spacial score (nSPS) is 11.0. The largest absolute Gasteiger partial charge is 0.493 e. The van der Waals surface area contributed by atoms with E-state index in [1.165, 1.54) is 0 Å². The number of nitrogens with zero attached hydrogens (tertiary/aromatic N) is 2. The highest BCUT2D eigenvalue weighted by molar-refractivity contribution is 9.10. The molecule has 1 N–H and O–H groups in total. The molecular formula is C33H28BrN3O3. The van der Waals surface area contributed by atoms with Crippen molar-refractivity contribution in [2.45, 2.75) is 13.5 Å². The van der Waals surface area contributed by atoms with Gasteiger partial charge in [-0.25, -0.2) is 5.43 Å². The van der Waals surface area contributed by atoms with E-state index in [1.54, 1.807) is 31.5 Å². The highest BCUT2D eigenvalue weighted by atomic mass is 79.9. The van der Waals surface area contributed by atoms with Gasteiger partial charge in [-0.15, -0.1) is 0 Å². The van der Waals surface area contributed by atoms with Crippen molar-refractivity contribution < 1.29 is 14.3 Å². The molecule has 0 unspecified atom stereocenters. The topological polar surface area (TPSA) is 64.8 Å². The van der Waals surface area contributed by atoms with Crippen LogP contribution in [0.25, 0.3) is 16.9 Å². The van der Waals surface area contributed by atoms with Crippen LogP contribution >= 0.6 is 15.9 Å². The van der Waals surface area contributed by atoms with E-state index in [0.29, 0.717) is 23.7 Å². The first kappa shape index (κ1) is 27.0. The molecule has 6 nitrogen and oxygen atoms in total. The predicted molar refractivity (Wildman–Crippen MR) is 162 cm³/mol. The van der Waals surface area contributed by atoms with E-state index in [2.05, 4.69) is 62.2 Å². The number of benzene rings is 4. The standard InChI is InChI=1S/C33H28BrN3O3/c1-23-13-18-30(26-11-7-4-8-12-26)37(23)28-16-14-27(15-17-28)33(38)36-35-21-25-19-29(34)32(31(20-25)39-2)40-22-24-9-5-3-6-10-24/h3-21H,22H2,1-2H3,(H,36,38)/b35-21+. The van der Waals surface area contributed by atoms with E-state index >= 15 is 0 Å². The summed E-state index contributed by atoms with van der Waals surface area (Å²) in [4.78, 5) is 12.8. The monoisotopic (exact) mass is 593 g/mol. The second kappa shape index (κ2) is 12.5. The number of nitrogens with one attached hydrogen (secondary N) is 1. The molecule has 0 atom stereocenters. The summed E-state index contributed by atoms with van der Waals surface area (Å²) < 4.78 is 14.4. The maximum absolute atomic E-state index is 12.8. The Labute approximate surface area is 242 Å². The fourth-order valence-corrected chi connectivity index (χ4v) is 4.97. The Kier molecular flexibility index (Phi) is 8.42. The number of hydrogen-bond acceptors (Lipinski definition) is 4. The molecule has 0 fully saturated rings. The van der Waals surface area contributed by atoms with Gasteiger partial charge in [0.25, 0.3) is 5.91 Å². The third kappa shape index (κ3) is 6.16. The average Bonchev–Trinajstić information content (AvgIpc) is 3.38. The Hall–Kier alpha value is -4.62. The summed E-state index contributed by atoms with van der Waals surface area (Å²) in [5.74, 6) is 0.856. The third-order valence-corrected chi connectivity index (χ3v) is 6.98. The summed E-state index contributed by atoms with van der Waals surface area (Å²) in [6.45, 7) is 2.48. The molecule has 0 radical (unpaired) electrons. The minimum Gasteiger partial charge on any atom is -0.493 e. The van der Waals surface area contributed by atoms with Crippen molar-refractivity contribution in [3.8, 4) is 28.4 Å². The van der Waals surface area contributed by atoms with E-state index in [4.69, 9.17) is 9.47 Å². The smallest absolute Gasteiger partial charge is 0.271 e. The van der Waals surface area contributed by atoms with Crippen LogP contribution in [-0.4, -0.2) is 23.8 Å². The molecule has 7 heteroatoms. The van der Waals surface area contributed by atoms with Crippen molar-refractivity contribution in [1.82, 2.24) is 9.99 Å². The molecule has 1 amide bonds. The Morgan fingerprint density at radius 2 is 1.62 bits per heavy atom. The van der Waals surface area contributed by atoms with E-state index in [-0.39, 0.29) is 5.91 Å². The van der Waals surface area contributed by atoms with Crippen LogP contribution in [0.1, 0.15) is 27.2 Å². The number of aryl methyl sites for hydroxylation is 1. The van der Waals surface area contributed by atoms with E-state index < -0.39 is 0 Å². The van der Waals surface area contributed by atoms with Gasteiger partial charge in [-0.1, -0.05) is 60.7 Å². The molecule has 0 bridgehead atoms. The second-order valence-electron chi connectivity index (χ2n) is 9.12. The van der Waals surface area contributed by atoms with Crippen molar-refractivity contribution in [3.63, 3.8) is 0 Å². The molecule has 0 aliphatic rings. The van der Waals surface area contributed by atoms with Crippen molar-refractivity contribution >= 4 is 28.1 Å². The molecule has 1 heterocycles. The molecule has 40 heavy (non-hydrogen) atoms. The van der Waals surface area contributed by atoms with Gasteiger partial charge in [0.2, 0.25) is 0 Å². The van der Waals surface area contributed by atoms with Crippen molar-refractivity contribution in [2.75, 3.05) is 7.11 Å². The molecule has 5 aromatic rings.